The Morgan fingerprint density at radius 1 is 1.35 bits per heavy atom. The molecule has 3 rings (SSSR count). The van der Waals surface area contributed by atoms with E-state index in [-0.39, 0.29) is 17.4 Å². The fourth-order valence-electron chi connectivity index (χ4n) is 4.22. The SMILES string of the molecule is CCSCC1CNCC(N(CC(C)C)C(=O)c2cnc(C(C)(C)C)nc2NCc2ccco2)C1. The third-order valence-electron chi connectivity index (χ3n) is 5.94. The lowest BCUT2D eigenvalue weighted by molar-refractivity contribution is 0.0596. The number of furan rings is 1. The number of piperidine rings is 1. The van der Waals surface area contributed by atoms with Gasteiger partial charge in [-0.05, 0) is 48.4 Å². The van der Waals surface area contributed by atoms with E-state index in [0.29, 0.717) is 42.1 Å². The molecule has 7 nitrogen and oxygen atoms in total. The number of rotatable bonds is 10. The summed E-state index contributed by atoms with van der Waals surface area (Å²) in [6, 6.07) is 3.93. The van der Waals surface area contributed by atoms with Crippen LogP contribution >= 0.6 is 11.8 Å². The van der Waals surface area contributed by atoms with Gasteiger partial charge in [0.2, 0.25) is 0 Å². The number of carbonyl (C=O) groups excluding carboxylic acids is 1. The van der Waals surface area contributed by atoms with Crippen LogP contribution in [0, 0.1) is 11.8 Å². The summed E-state index contributed by atoms with van der Waals surface area (Å²) in [5, 5.41) is 6.92. The molecule has 0 aromatic carbocycles. The normalized spacial score (nSPS) is 18.8. The number of hydrogen-bond acceptors (Lipinski definition) is 7. The Labute approximate surface area is 208 Å². The van der Waals surface area contributed by atoms with E-state index in [1.54, 1.807) is 12.5 Å². The van der Waals surface area contributed by atoms with Crippen molar-refractivity contribution in [3.05, 3.63) is 41.7 Å². The van der Waals surface area contributed by atoms with Crippen LogP contribution in [-0.4, -0.2) is 58.0 Å². The topological polar surface area (TPSA) is 83.3 Å². The molecule has 1 saturated heterocycles. The van der Waals surface area contributed by atoms with Crippen molar-refractivity contribution in [1.29, 1.82) is 0 Å². The van der Waals surface area contributed by atoms with Gasteiger partial charge in [-0.3, -0.25) is 4.79 Å². The third kappa shape index (κ3) is 7.22. The number of nitrogens with zero attached hydrogens (tertiary/aromatic N) is 3. The number of hydrogen-bond donors (Lipinski definition) is 2. The molecule has 0 saturated carbocycles. The molecule has 1 aliphatic heterocycles. The van der Waals surface area contributed by atoms with Gasteiger partial charge in [-0.15, -0.1) is 0 Å². The fraction of sp³-hybridized carbons (Fsp3) is 0.654. The van der Waals surface area contributed by atoms with Crippen LogP contribution in [0.3, 0.4) is 0 Å². The standard InChI is InChI=1S/C26H41N5O2S/c1-7-34-17-19-11-20(13-27-12-19)31(16-18(2)3)24(32)22-15-29-25(26(4,5)6)30-23(22)28-14-21-9-8-10-33-21/h8-10,15,18-20,27H,7,11-14,16-17H2,1-6H3,(H,28,29,30). The minimum atomic E-state index is -0.224. The van der Waals surface area contributed by atoms with E-state index in [2.05, 4.69) is 57.2 Å². The van der Waals surface area contributed by atoms with Crippen molar-refractivity contribution in [3.8, 4) is 0 Å². The molecule has 2 N–H and O–H groups in total. The Morgan fingerprint density at radius 3 is 2.79 bits per heavy atom. The zero-order chi connectivity index (χ0) is 24.7. The number of anilines is 1. The van der Waals surface area contributed by atoms with E-state index >= 15 is 0 Å². The lowest BCUT2D eigenvalue weighted by Gasteiger charge is -2.39. The maximum absolute atomic E-state index is 14.0. The molecular weight excluding hydrogens is 446 g/mol. The Bertz CT molecular complexity index is 910. The van der Waals surface area contributed by atoms with Gasteiger partial charge < -0.3 is 20.0 Å². The van der Waals surface area contributed by atoms with Gasteiger partial charge in [-0.1, -0.05) is 41.5 Å². The minimum Gasteiger partial charge on any atom is -0.467 e. The lowest BCUT2D eigenvalue weighted by Crippen LogP contribution is -2.52. The molecule has 0 aliphatic carbocycles. The van der Waals surface area contributed by atoms with E-state index in [0.717, 1.165) is 36.8 Å². The van der Waals surface area contributed by atoms with Crippen LogP contribution in [0.4, 0.5) is 5.82 Å². The minimum absolute atomic E-state index is 0.00769. The average Bonchev–Trinajstić information content (AvgIpc) is 3.32. The maximum atomic E-state index is 14.0. The summed E-state index contributed by atoms with van der Waals surface area (Å²) in [6.07, 6.45) is 4.38. The molecule has 3 heterocycles. The van der Waals surface area contributed by atoms with E-state index in [9.17, 15) is 4.79 Å². The second-order valence-electron chi connectivity index (χ2n) is 10.6. The summed E-state index contributed by atoms with van der Waals surface area (Å²) in [5.74, 6) is 5.24. The van der Waals surface area contributed by atoms with Crippen LogP contribution < -0.4 is 10.6 Å². The van der Waals surface area contributed by atoms with Crippen LogP contribution in [0.1, 0.15) is 69.9 Å². The quantitative estimate of drug-likeness (QED) is 0.498. The first-order valence-corrected chi connectivity index (χ1v) is 13.6. The molecule has 0 bridgehead atoms. The van der Waals surface area contributed by atoms with Gasteiger partial charge in [0, 0.05) is 30.7 Å². The van der Waals surface area contributed by atoms with Crippen LogP contribution in [0.5, 0.6) is 0 Å². The number of aromatic nitrogens is 2. The molecule has 0 radical (unpaired) electrons. The predicted octanol–water partition coefficient (Wildman–Crippen LogP) is 4.81. The number of nitrogens with one attached hydrogen (secondary N) is 2. The summed E-state index contributed by atoms with van der Waals surface area (Å²) in [7, 11) is 0. The lowest BCUT2D eigenvalue weighted by atomic mass is 9.94. The smallest absolute Gasteiger partial charge is 0.259 e. The number of amides is 1. The second-order valence-corrected chi connectivity index (χ2v) is 11.9. The highest BCUT2D eigenvalue weighted by Gasteiger charge is 2.32. The van der Waals surface area contributed by atoms with Crippen molar-refractivity contribution in [1.82, 2.24) is 20.2 Å². The van der Waals surface area contributed by atoms with Gasteiger partial charge in [-0.25, -0.2) is 9.97 Å². The summed E-state index contributed by atoms with van der Waals surface area (Å²) in [4.78, 5) is 25.4. The molecule has 188 valence electrons. The second kappa shape index (κ2) is 12.1. The molecule has 1 amide bonds. The Kier molecular flexibility index (Phi) is 9.42. The van der Waals surface area contributed by atoms with Crippen molar-refractivity contribution >= 4 is 23.5 Å². The van der Waals surface area contributed by atoms with E-state index in [1.807, 2.05) is 28.8 Å². The monoisotopic (exact) mass is 487 g/mol. The van der Waals surface area contributed by atoms with Crippen molar-refractivity contribution in [2.45, 2.75) is 66.0 Å². The Balaban J connectivity index is 1.89. The predicted molar refractivity (Wildman–Crippen MR) is 140 cm³/mol. The molecule has 1 aliphatic rings. The van der Waals surface area contributed by atoms with Crippen molar-refractivity contribution in [3.63, 3.8) is 0 Å². The van der Waals surface area contributed by atoms with Gasteiger partial charge in [-0.2, -0.15) is 11.8 Å². The summed E-state index contributed by atoms with van der Waals surface area (Å²) >= 11 is 1.98. The van der Waals surface area contributed by atoms with Crippen molar-refractivity contribution < 1.29 is 9.21 Å². The van der Waals surface area contributed by atoms with Crippen LogP contribution in [0.2, 0.25) is 0 Å². The highest BCUT2D eigenvalue weighted by Crippen LogP contribution is 2.26. The number of thioether (sulfide) groups is 1. The average molecular weight is 488 g/mol. The molecular formula is C26H41N5O2S. The van der Waals surface area contributed by atoms with Gasteiger partial charge in [0.25, 0.3) is 5.91 Å². The molecule has 2 aromatic rings. The van der Waals surface area contributed by atoms with Crippen molar-refractivity contribution in [2.24, 2.45) is 11.8 Å². The highest BCUT2D eigenvalue weighted by molar-refractivity contribution is 7.99. The first-order chi connectivity index (χ1) is 16.2. The van der Waals surface area contributed by atoms with E-state index in [4.69, 9.17) is 9.40 Å². The number of carbonyl (C=O) groups is 1. The van der Waals surface area contributed by atoms with E-state index < -0.39 is 0 Å². The molecule has 0 spiro atoms. The molecule has 2 atom stereocenters. The van der Waals surface area contributed by atoms with E-state index in [1.165, 1.54) is 0 Å². The maximum Gasteiger partial charge on any atom is 0.259 e. The first kappa shape index (κ1) is 26.5. The van der Waals surface area contributed by atoms with Crippen LogP contribution in [-0.2, 0) is 12.0 Å². The zero-order valence-corrected chi connectivity index (χ0v) is 22.4. The molecule has 2 aromatic heterocycles. The molecule has 1 fully saturated rings. The Morgan fingerprint density at radius 2 is 2.15 bits per heavy atom. The van der Waals surface area contributed by atoms with Crippen LogP contribution in [0.25, 0.3) is 0 Å². The van der Waals surface area contributed by atoms with Gasteiger partial charge in [0.1, 0.15) is 23.0 Å². The van der Waals surface area contributed by atoms with Gasteiger partial charge in [0.05, 0.1) is 12.8 Å². The first-order valence-electron chi connectivity index (χ1n) is 12.4. The highest BCUT2D eigenvalue weighted by atomic mass is 32.2. The summed E-state index contributed by atoms with van der Waals surface area (Å²) < 4.78 is 5.48. The third-order valence-corrected chi connectivity index (χ3v) is 7.06. The molecule has 8 heteroatoms. The molecule has 34 heavy (non-hydrogen) atoms. The largest absolute Gasteiger partial charge is 0.467 e. The van der Waals surface area contributed by atoms with Gasteiger partial charge in [0.15, 0.2) is 0 Å². The van der Waals surface area contributed by atoms with Crippen molar-refractivity contribution in [2.75, 3.05) is 36.5 Å². The molecule has 2 unspecified atom stereocenters. The van der Waals surface area contributed by atoms with Gasteiger partial charge >= 0.3 is 0 Å². The zero-order valence-electron chi connectivity index (χ0n) is 21.6. The summed E-state index contributed by atoms with van der Waals surface area (Å²) in [6.45, 7) is 15.8. The fourth-order valence-corrected chi connectivity index (χ4v) is 5.04. The Hall–Kier alpha value is -2.06. The van der Waals surface area contributed by atoms with Crippen LogP contribution in [0.15, 0.2) is 29.0 Å². The summed E-state index contributed by atoms with van der Waals surface area (Å²) in [5.41, 5.74) is 0.294.